The lowest BCUT2D eigenvalue weighted by atomic mass is 10.1. The van der Waals surface area contributed by atoms with Crippen molar-refractivity contribution in [2.24, 2.45) is 0 Å². The maximum atomic E-state index is 13.5. The third-order valence-electron chi connectivity index (χ3n) is 3.37. The van der Waals surface area contributed by atoms with E-state index in [0.29, 0.717) is 11.3 Å². The highest BCUT2D eigenvalue weighted by atomic mass is 19.1. The van der Waals surface area contributed by atoms with Crippen LogP contribution in [0, 0.1) is 5.82 Å². The fourth-order valence-electron chi connectivity index (χ4n) is 2.00. The van der Waals surface area contributed by atoms with Gasteiger partial charge in [-0.05, 0) is 42.5 Å². The van der Waals surface area contributed by atoms with E-state index in [-0.39, 0.29) is 11.3 Å². The molecule has 1 N–H and O–H groups in total. The molecule has 0 spiro atoms. The van der Waals surface area contributed by atoms with Gasteiger partial charge in [-0.15, -0.1) is 0 Å². The van der Waals surface area contributed by atoms with E-state index >= 15 is 0 Å². The van der Waals surface area contributed by atoms with E-state index in [2.05, 4.69) is 5.32 Å². The summed E-state index contributed by atoms with van der Waals surface area (Å²) in [5, 5.41) is 3.52. The highest BCUT2D eigenvalue weighted by Crippen LogP contribution is 2.20. The van der Waals surface area contributed by atoms with Crippen LogP contribution in [0.15, 0.2) is 42.5 Å². The Balaban J connectivity index is 2.28. The van der Waals surface area contributed by atoms with Crippen LogP contribution in [0.25, 0.3) is 0 Å². The predicted molar refractivity (Wildman–Crippen MR) is 86.4 cm³/mol. The molecule has 7 heteroatoms. The number of carbonyl (C=O) groups is 2. The van der Waals surface area contributed by atoms with Crippen molar-refractivity contribution in [1.29, 1.82) is 0 Å². The Morgan fingerprint density at radius 3 is 2.33 bits per heavy atom. The first-order chi connectivity index (χ1) is 11.5. The molecular formula is C17H17FN2O4. The van der Waals surface area contributed by atoms with Crippen LogP contribution < -0.4 is 10.1 Å². The van der Waals surface area contributed by atoms with Gasteiger partial charge in [0.2, 0.25) is 0 Å². The quantitative estimate of drug-likeness (QED) is 0.855. The van der Waals surface area contributed by atoms with Crippen LogP contribution in [0.3, 0.4) is 0 Å². The van der Waals surface area contributed by atoms with Crippen LogP contribution in [-0.4, -0.2) is 38.1 Å². The standard InChI is InChI=1S/C17H17FN2O4/c1-20(24-3)17(22)14-9-6-12(18)10-15(14)19-16(21)11-4-7-13(23-2)8-5-11/h4-10H,1-3H3,(H,19,21). The van der Waals surface area contributed by atoms with E-state index < -0.39 is 17.6 Å². The van der Waals surface area contributed by atoms with E-state index in [0.717, 1.165) is 17.2 Å². The zero-order valence-corrected chi connectivity index (χ0v) is 13.5. The molecule has 0 bridgehead atoms. The highest BCUT2D eigenvalue weighted by molar-refractivity contribution is 6.08. The van der Waals surface area contributed by atoms with Gasteiger partial charge in [0.05, 0.1) is 25.5 Å². The number of hydroxylamine groups is 2. The first kappa shape index (κ1) is 17.4. The number of halogens is 1. The summed E-state index contributed by atoms with van der Waals surface area (Å²) < 4.78 is 18.5. The predicted octanol–water partition coefficient (Wildman–Crippen LogP) is 2.72. The summed E-state index contributed by atoms with van der Waals surface area (Å²) in [6.07, 6.45) is 0. The number of nitrogens with zero attached hydrogens (tertiary/aromatic N) is 1. The molecule has 0 heterocycles. The lowest BCUT2D eigenvalue weighted by molar-refractivity contribution is -0.0756. The minimum absolute atomic E-state index is 0.0599. The summed E-state index contributed by atoms with van der Waals surface area (Å²) in [5.41, 5.74) is 0.519. The molecule has 0 unspecified atom stereocenters. The molecule has 0 saturated heterocycles. The van der Waals surface area contributed by atoms with Crippen molar-refractivity contribution >= 4 is 17.5 Å². The number of rotatable bonds is 5. The number of benzene rings is 2. The van der Waals surface area contributed by atoms with Crippen LogP contribution in [0.1, 0.15) is 20.7 Å². The second kappa shape index (κ2) is 7.56. The van der Waals surface area contributed by atoms with Crippen LogP contribution in [0.5, 0.6) is 5.75 Å². The first-order valence-electron chi connectivity index (χ1n) is 7.03. The summed E-state index contributed by atoms with van der Waals surface area (Å²) in [6, 6.07) is 9.90. The number of ether oxygens (including phenoxy) is 1. The normalized spacial score (nSPS) is 10.2. The van der Waals surface area contributed by atoms with E-state index in [1.807, 2.05) is 0 Å². The Kier molecular flexibility index (Phi) is 5.49. The molecule has 2 rings (SSSR count). The fourth-order valence-corrected chi connectivity index (χ4v) is 2.00. The topological polar surface area (TPSA) is 67.9 Å². The number of amides is 2. The molecule has 0 aliphatic heterocycles. The number of methoxy groups -OCH3 is 1. The number of carbonyl (C=O) groups excluding carboxylic acids is 2. The van der Waals surface area contributed by atoms with Gasteiger partial charge in [0.1, 0.15) is 11.6 Å². The van der Waals surface area contributed by atoms with Crippen molar-refractivity contribution in [3.05, 3.63) is 59.4 Å². The molecule has 0 atom stereocenters. The monoisotopic (exact) mass is 332 g/mol. The Bertz CT molecular complexity index is 747. The Morgan fingerprint density at radius 2 is 1.75 bits per heavy atom. The Labute approximate surface area is 138 Å². The largest absolute Gasteiger partial charge is 0.497 e. The molecule has 2 aromatic rings. The van der Waals surface area contributed by atoms with Crippen LogP contribution in [-0.2, 0) is 4.84 Å². The van der Waals surface area contributed by atoms with Gasteiger partial charge in [-0.25, -0.2) is 9.45 Å². The van der Waals surface area contributed by atoms with Gasteiger partial charge >= 0.3 is 0 Å². The van der Waals surface area contributed by atoms with E-state index in [4.69, 9.17) is 9.57 Å². The molecule has 2 aromatic carbocycles. The summed E-state index contributed by atoms with van der Waals surface area (Å²) >= 11 is 0. The maximum absolute atomic E-state index is 13.5. The summed E-state index contributed by atoms with van der Waals surface area (Å²) in [4.78, 5) is 29.4. The zero-order chi connectivity index (χ0) is 17.7. The van der Waals surface area contributed by atoms with Crippen molar-refractivity contribution in [2.75, 3.05) is 26.6 Å². The first-order valence-corrected chi connectivity index (χ1v) is 7.03. The molecule has 0 radical (unpaired) electrons. The van der Waals surface area contributed by atoms with Crippen LogP contribution >= 0.6 is 0 Å². The number of anilines is 1. The minimum Gasteiger partial charge on any atom is -0.497 e. The molecule has 0 aliphatic carbocycles. The number of nitrogens with one attached hydrogen (secondary N) is 1. The van der Waals surface area contributed by atoms with Crippen molar-refractivity contribution in [2.45, 2.75) is 0 Å². The average Bonchev–Trinajstić information content (AvgIpc) is 2.60. The van der Waals surface area contributed by atoms with E-state index in [9.17, 15) is 14.0 Å². The summed E-state index contributed by atoms with van der Waals surface area (Å²) in [5.74, 6) is -0.952. The second-order valence-corrected chi connectivity index (χ2v) is 4.86. The maximum Gasteiger partial charge on any atom is 0.279 e. The lowest BCUT2D eigenvalue weighted by Gasteiger charge is -2.16. The van der Waals surface area contributed by atoms with E-state index in [1.54, 1.807) is 24.3 Å². The number of hydrogen-bond acceptors (Lipinski definition) is 4. The van der Waals surface area contributed by atoms with Crippen LogP contribution in [0.4, 0.5) is 10.1 Å². The smallest absolute Gasteiger partial charge is 0.279 e. The SMILES string of the molecule is COc1ccc(C(=O)Nc2cc(F)ccc2C(=O)N(C)OC)cc1. The third-order valence-corrected chi connectivity index (χ3v) is 3.37. The van der Waals surface area contributed by atoms with Crippen molar-refractivity contribution in [3.8, 4) is 5.75 Å². The molecule has 126 valence electrons. The molecule has 0 fully saturated rings. The Morgan fingerprint density at radius 1 is 1.08 bits per heavy atom. The second-order valence-electron chi connectivity index (χ2n) is 4.86. The molecule has 2 amide bonds. The van der Waals surface area contributed by atoms with Gasteiger partial charge in [0, 0.05) is 12.6 Å². The van der Waals surface area contributed by atoms with Gasteiger partial charge < -0.3 is 10.1 Å². The zero-order valence-electron chi connectivity index (χ0n) is 13.5. The van der Waals surface area contributed by atoms with Gasteiger partial charge in [0.15, 0.2) is 0 Å². The average molecular weight is 332 g/mol. The summed E-state index contributed by atoms with van der Waals surface area (Å²) in [6.45, 7) is 0. The highest BCUT2D eigenvalue weighted by Gasteiger charge is 2.18. The molecule has 0 aliphatic rings. The Hall–Kier alpha value is -2.93. The molecule has 0 saturated carbocycles. The van der Waals surface area contributed by atoms with Gasteiger partial charge in [-0.3, -0.25) is 14.4 Å². The van der Waals surface area contributed by atoms with Crippen molar-refractivity contribution in [3.63, 3.8) is 0 Å². The van der Waals surface area contributed by atoms with Gasteiger partial charge in [0.25, 0.3) is 11.8 Å². The summed E-state index contributed by atoms with van der Waals surface area (Å²) in [7, 11) is 4.27. The van der Waals surface area contributed by atoms with Crippen molar-refractivity contribution < 1.29 is 23.6 Å². The van der Waals surface area contributed by atoms with Gasteiger partial charge in [-0.1, -0.05) is 0 Å². The molecule has 0 aromatic heterocycles. The van der Waals surface area contributed by atoms with Crippen molar-refractivity contribution in [1.82, 2.24) is 5.06 Å². The fraction of sp³-hybridized carbons (Fsp3) is 0.176. The number of hydrogen-bond donors (Lipinski definition) is 1. The van der Waals surface area contributed by atoms with Crippen LogP contribution in [0.2, 0.25) is 0 Å². The minimum atomic E-state index is -0.573. The molecule has 24 heavy (non-hydrogen) atoms. The molecule has 6 nitrogen and oxygen atoms in total. The third kappa shape index (κ3) is 3.88. The lowest BCUT2D eigenvalue weighted by Crippen LogP contribution is -2.27. The van der Waals surface area contributed by atoms with E-state index in [1.165, 1.54) is 27.3 Å². The molecular weight excluding hydrogens is 315 g/mol. The van der Waals surface area contributed by atoms with Gasteiger partial charge in [-0.2, -0.15) is 0 Å².